The van der Waals surface area contributed by atoms with E-state index in [0.717, 1.165) is 38.8 Å². The van der Waals surface area contributed by atoms with E-state index in [1.54, 1.807) is 55.0 Å². The number of aldehydes is 1. The summed E-state index contributed by atoms with van der Waals surface area (Å²) in [6.07, 6.45) is 5.39. The van der Waals surface area contributed by atoms with Gasteiger partial charge in [-0.2, -0.15) is 0 Å². The second kappa shape index (κ2) is 20.2. The van der Waals surface area contributed by atoms with E-state index in [4.69, 9.17) is 69.5 Å². The summed E-state index contributed by atoms with van der Waals surface area (Å²) < 4.78 is 12.5. The van der Waals surface area contributed by atoms with Crippen LogP contribution in [0, 0.1) is 5.82 Å². The maximum absolute atomic E-state index is 12.5. The molecule has 0 aliphatic carbocycles. The molecule has 49 heavy (non-hydrogen) atoms. The molecule has 256 valence electrons. The number of nitrogens with two attached hydrogens (primary N) is 2. The topological polar surface area (TPSA) is 146 Å². The minimum atomic E-state index is -0.542. The summed E-state index contributed by atoms with van der Waals surface area (Å²) in [6.45, 7) is 0. The van der Waals surface area contributed by atoms with Crippen LogP contribution in [0.2, 0.25) is 25.4 Å². The zero-order valence-electron chi connectivity index (χ0n) is 23.3. The Bertz CT molecular complexity index is 1840. The Kier molecular flexibility index (Phi) is 17.5. The van der Waals surface area contributed by atoms with Gasteiger partial charge in [-0.05, 0) is 84.4 Å². The zero-order chi connectivity index (χ0) is 33.2. The van der Waals surface area contributed by atoms with Gasteiger partial charge < -0.3 is 11.5 Å². The summed E-state index contributed by atoms with van der Waals surface area (Å²) in [5.41, 5.74) is 13.2. The van der Waals surface area contributed by atoms with Crippen LogP contribution in [-0.2, 0) is 0 Å². The summed E-state index contributed by atoms with van der Waals surface area (Å²) in [5, 5.41) is 5.34. The van der Waals surface area contributed by atoms with Crippen molar-refractivity contribution in [1.82, 2.24) is 29.9 Å². The lowest BCUT2D eigenvalue weighted by Gasteiger charge is -1.97. The predicted molar refractivity (Wildman–Crippen MR) is 204 cm³/mol. The molecular weight excluding hydrogens is 733 g/mol. The first kappa shape index (κ1) is 42.6. The van der Waals surface area contributed by atoms with Gasteiger partial charge in [0.05, 0.1) is 22.1 Å². The third kappa shape index (κ3) is 12.8. The Morgan fingerprint density at radius 3 is 1.31 bits per heavy atom. The molecule has 4 aromatic carbocycles. The summed E-state index contributed by atoms with van der Waals surface area (Å²) >= 11 is 28.4. The van der Waals surface area contributed by atoms with Gasteiger partial charge in [0, 0.05) is 54.8 Å². The van der Waals surface area contributed by atoms with E-state index in [1.807, 2.05) is 18.2 Å². The Labute approximate surface area is 308 Å². The molecule has 7 aromatic rings. The van der Waals surface area contributed by atoms with Crippen molar-refractivity contribution in [3.63, 3.8) is 0 Å². The van der Waals surface area contributed by atoms with E-state index < -0.39 is 5.82 Å². The second-order valence-corrected chi connectivity index (χ2v) is 11.1. The van der Waals surface area contributed by atoms with E-state index in [-0.39, 0.29) is 45.0 Å². The van der Waals surface area contributed by atoms with E-state index in [0.29, 0.717) is 26.4 Å². The Balaban J connectivity index is 0.000000321. The highest BCUT2D eigenvalue weighted by molar-refractivity contribution is 6.32. The first-order chi connectivity index (χ1) is 22.0. The average molecular weight is 765 g/mol. The minimum absolute atomic E-state index is 0. The van der Waals surface area contributed by atoms with Crippen LogP contribution < -0.4 is 11.5 Å². The summed E-state index contributed by atoms with van der Waals surface area (Å²) in [5.74, 6) is 0.0223. The molecule has 0 aliphatic heterocycles. The first-order valence-corrected chi connectivity index (χ1v) is 14.7. The van der Waals surface area contributed by atoms with Crippen molar-refractivity contribution in [3.05, 3.63) is 128 Å². The highest BCUT2D eigenvalue weighted by Gasteiger charge is 2.00. The average Bonchev–Trinajstić information content (AvgIpc) is 3.03. The van der Waals surface area contributed by atoms with Crippen LogP contribution in [0.3, 0.4) is 0 Å². The van der Waals surface area contributed by atoms with Gasteiger partial charge in [0.15, 0.2) is 6.29 Å². The quantitative estimate of drug-likeness (QED) is 0.123. The molecule has 0 unspecified atom stereocenters. The van der Waals surface area contributed by atoms with Crippen LogP contribution in [-0.4, -0.2) is 36.2 Å². The number of aromatic nitrogens is 6. The molecule has 4 N–H and O–H groups in total. The Morgan fingerprint density at radius 2 is 0.898 bits per heavy atom. The molecule has 0 saturated heterocycles. The molecule has 0 fully saturated rings. The molecule has 15 heteroatoms. The standard InChI is InChI=1S/C8H4Cl2N2.2C8H6ClN3.C7H4ClFO.3CH4/c3*9-6-1-2-7-5(3-6)4-11-8(10)12-7;8-6-1-2-7(9)5(3-6)4-10;;;/h1-4H;2*1-4H,(H2,10,11,12);1-4H;3*1H4. The van der Waals surface area contributed by atoms with Gasteiger partial charge in [0.2, 0.25) is 17.2 Å². The maximum atomic E-state index is 12.5. The molecule has 0 saturated carbocycles. The monoisotopic (exact) mass is 762 g/mol. The van der Waals surface area contributed by atoms with Gasteiger partial charge in [-0.25, -0.2) is 34.3 Å². The molecule has 3 heterocycles. The highest BCUT2D eigenvalue weighted by Crippen LogP contribution is 2.19. The van der Waals surface area contributed by atoms with Gasteiger partial charge in [0.1, 0.15) is 5.82 Å². The molecule has 0 atom stereocenters. The number of nitrogen functional groups attached to an aromatic ring is 2. The van der Waals surface area contributed by atoms with Gasteiger partial charge in [-0.15, -0.1) is 0 Å². The van der Waals surface area contributed by atoms with Crippen molar-refractivity contribution in [2.75, 3.05) is 11.5 Å². The number of anilines is 2. The summed E-state index contributed by atoms with van der Waals surface area (Å²) in [7, 11) is 0. The van der Waals surface area contributed by atoms with Crippen LogP contribution in [0.1, 0.15) is 32.6 Å². The van der Waals surface area contributed by atoms with Crippen molar-refractivity contribution >= 4 is 109 Å². The smallest absolute Gasteiger partial charge is 0.222 e. The number of fused-ring (bicyclic) bond motifs is 3. The fourth-order valence-electron chi connectivity index (χ4n) is 3.62. The van der Waals surface area contributed by atoms with Crippen molar-refractivity contribution in [2.45, 2.75) is 22.3 Å². The lowest BCUT2D eigenvalue weighted by Crippen LogP contribution is -1.93. The molecule has 0 radical (unpaired) electrons. The number of halogens is 6. The molecular formula is C34H32Cl5FN8O. The maximum Gasteiger partial charge on any atom is 0.222 e. The van der Waals surface area contributed by atoms with E-state index in [1.165, 1.54) is 12.1 Å². The fourth-order valence-corrected chi connectivity index (χ4v) is 4.49. The van der Waals surface area contributed by atoms with E-state index >= 15 is 0 Å². The van der Waals surface area contributed by atoms with Crippen LogP contribution in [0.15, 0.2) is 91.4 Å². The van der Waals surface area contributed by atoms with E-state index in [2.05, 4.69) is 29.9 Å². The van der Waals surface area contributed by atoms with Crippen molar-refractivity contribution < 1.29 is 9.18 Å². The predicted octanol–water partition coefficient (Wildman–Crippen LogP) is 10.9. The Hall–Kier alpha value is -4.45. The molecule has 7 rings (SSSR count). The molecule has 0 amide bonds. The molecule has 0 spiro atoms. The lowest BCUT2D eigenvalue weighted by atomic mass is 10.2. The number of hydrogen-bond donors (Lipinski definition) is 2. The zero-order valence-corrected chi connectivity index (χ0v) is 27.0. The SMILES string of the molecule is C.C.C.Clc1ccc2nc(Cl)ncc2c1.Nc1ncc2cc(Cl)ccc2n1.Nc1ncc2cc(Cl)ccc2n1.O=Cc1cc(Cl)ccc1F. The molecule has 0 aliphatic rings. The number of hydrogen-bond acceptors (Lipinski definition) is 9. The van der Waals surface area contributed by atoms with Crippen LogP contribution >= 0.6 is 58.0 Å². The molecule has 3 aromatic heterocycles. The lowest BCUT2D eigenvalue weighted by molar-refractivity contribution is 0.112. The number of carbonyl (C=O) groups excluding carboxylic acids is 1. The van der Waals surface area contributed by atoms with Gasteiger partial charge in [-0.3, -0.25) is 4.79 Å². The highest BCUT2D eigenvalue weighted by atomic mass is 35.5. The van der Waals surface area contributed by atoms with Gasteiger partial charge in [0.25, 0.3) is 0 Å². The minimum Gasteiger partial charge on any atom is -0.368 e. The van der Waals surface area contributed by atoms with Gasteiger partial charge >= 0.3 is 0 Å². The third-order valence-corrected chi connectivity index (χ3v) is 6.84. The van der Waals surface area contributed by atoms with Crippen LogP contribution in [0.4, 0.5) is 16.3 Å². The number of nitrogens with zero attached hydrogens (tertiary/aromatic N) is 6. The normalized spacial score (nSPS) is 9.59. The number of carbonyl (C=O) groups is 1. The molecule has 0 bridgehead atoms. The van der Waals surface area contributed by atoms with Crippen molar-refractivity contribution in [3.8, 4) is 0 Å². The molecule has 9 nitrogen and oxygen atoms in total. The Morgan fingerprint density at radius 1 is 0.531 bits per heavy atom. The third-order valence-electron chi connectivity index (χ3n) is 5.72. The van der Waals surface area contributed by atoms with Gasteiger partial charge in [-0.1, -0.05) is 68.7 Å². The van der Waals surface area contributed by atoms with Crippen molar-refractivity contribution in [2.24, 2.45) is 0 Å². The largest absolute Gasteiger partial charge is 0.368 e. The van der Waals surface area contributed by atoms with E-state index in [9.17, 15) is 9.18 Å². The number of benzene rings is 4. The second-order valence-electron chi connectivity index (χ2n) is 8.99. The summed E-state index contributed by atoms with van der Waals surface area (Å²) in [6, 6.07) is 20.0. The summed E-state index contributed by atoms with van der Waals surface area (Å²) in [4.78, 5) is 33.7. The number of rotatable bonds is 1. The fraction of sp³-hybridized carbons (Fsp3) is 0.0882. The van der Waals surface area contributed by atoms with Crippen LogP contribution in [0.5, 0.6) is 0 Å². The first-order valence-electron chi connectivity index (χ1n) is 12.8. The van der Waals surface area contributed by atoms with Crippen molar-refractivity contribution in [1.29, 1.82) is 0 Å². The van der Waals surface area contributed by atoms with Crippen LogP contribution in [0.25, 0.3) is 32.7 Å².